The highest BCUT2D eigenvalue weighted by Crippen LogP contribution is 2.19. The Kier molecular flexibility index (Phi) is 2.48. The van der Waals surface area contributed by atoms with Crippen LogP contribution in [0.2, 0.25) is 0 Å². The van der Waals surface area contributed by atoms with Crippen LogP contribution in [0.25, 0.3) is 5.69 Å². The third-order valence-corrected chi connectivity index (χ3v) is 3.03. The van der Waals surface area contributed by atoms with Crippen molar-refractivity contribution in [1.82, 2.24) is 24.9 Å². The van der Waals surface area contributed by atoms with Gasteiger partial charge in [-0.05, 0) is 25.8 Å². The first-order valence-electron chi connectivity index (χ1n) is 6.01. The van der Waals surface area contributed by atoms with Crippen LogP contribution < -0.4 is 5.32 Å². The highest BCUT2D eigenvalue weighted by Gasteiger charge is 2.20. The second kappa shape index (κ2) is 4.00. The molecule has 5 heteroatoms. The van der Waals surface area contributed by atoms with Crippen molar-refractivity contribution in [2.45, 2.75) is 32.4 Å². The summed E-state index contributed by atoms with van der Waals surface area (Å²) in [5.41, 5.74) is 3.13. The van der Waals surface area contributed by atoms with Crippen molar-refractivity contribution in [2.75, 3.05) is 0 Å². The highest BCUT2D eigenvalue weighted by molar-refractivity contribution is 5.32. The lowest BCUT2D eigenvalue weighted by molar-refractivity contribution is 0.664. The molecule has 0 aromatic carbocycles. The third kappa shape index (κ3) is 2.24. The molecule has 90 valence electrons. The molecule has 0 spiro atoms. The Morgan fingerprint density at radius 2 is 2.24 bits per heavy atom. The maximum atomic E-state index is 4.56. The van der Waals surface area contributed by atoms with Gasteiger partial charge in [0.05, 0.1) is 17.6 Å². The largest absolute Gasteiger partial charge is 0.308 e. The number of rotatable bonds is 4. The predicted octanol–water partition coefficient (Wildman–Crippen LogP) is 1.17. The lowest BCUT2D eigenvalue weighted by Crippen LogP contribution is -2.15. The summed E-state index contributed by atoms with van der Waals surface area (Å²) in [5.74, 6) is 0. The smallest absolute Gasteiger partial charge is 0.105 e. The molecule has 2 heterocycles. The SMILES string of the molecule is Cc1nn(C)cc1-n1ccc(CNC2CC2)n1. The van der Waals surface area contributed by atoms with Crippen LogP contribution in [0.1, 0.15) is 24.2 Å². The van der Waals surface area contributed by atoms with E-state index in [-0.39, 0.29) is 0 Å². The molecule has 0 atom stereocenters. The fourth-order valence-corrected chi connectivity index (χ4v) is 1.94. The zero-order valence-electron chi connectivity index (χ0n) is 10.2. The van der Waals surface area contributed by atoms with Crippen LogP contribution in [0, 0.1) is 6.92 Å². The normalized spacial score (nSPS) is 15.4. The molecule has 5 nitrogen and oxygen atoms in total. The first-order valence-corrected chi connectivity index (χ1v) is 6.01. The third-order valence-electron chi connectivity index (χ3n) is 3.03. The fraction of sp³-hybridized carbons (Fsp3) is 0.500. The molecule has 2 aromatic heterocycles. The van der Waals surface area contributed by atoms with Gasteiger partial charge in [0.1, 0.15) is 5.69 Å². The van der Waals surface area contributed by atoms with Gasteiger partial charge in [-0.3, -0.25) is 4.68 Å². The quantitative estimate of drug-likeness (QED) is 0.859. The van der Waals surface area contributed by atoms with E-state index in [9.17, 15) is 0 Å². The first-order chi connectivity index (χ1) is 8.22. The van der Waals surface area contributed by atoms with Crippen LogP contribution in [0.4, 0.5) is 0 Å². The summed E-state index contributed by atoms with van der Waals surface area (Å²) >= 11 is 0. The van der Waals surface area contributed by atoms with Gasteiger partial charge in [0.15, 0.2) is 0 Å². The lowest BCUT2D eigenvalue weighted by atomic mass is 10.4. The van der Waals surface area contributed by atoms with E-state index in [1.807, 2.05) is 35.7 Å². The topological polar surface area (TPSA) is 47.7 Å². The summed E-state index contributed by atoms with van der Waals surface area (Å²) in [7, 11) is 1.93. The van der Waals surface area contributed by atoms with Gasteiger partial charge in [0, 0.05) is 25.8 Å². The van der Waals surface area contributed by atoms with Crippen LogP contribution in [0.3, 0.4) is 0 Å². The van der Waals surface area contributed by atoms with E-state index in [4.69, 9.17) is 0 Å². The number of aryl methyl sites for hydroxylation is 2. The molecule has 0 aliphatic heterocycles. The highest BCUT2D eigenvalue weighted by atomic mass is 15.3. The van der Waals surface area contributed by atoms with E-state index in [1.54, 1.807) is 0 Å². The van der Waals surface area contributed by atoms with Crippen LogP contribution in [0.15, 0.2) is 18.5 Å². The van der Waals surface area contributed by atoms with E-state index in [1.165, 1.54) is 12.8 Å². The van der Waals surface area contributed by atoms with Gasteiger partial charge < -0.3 is 5.32 Å². The number of hydrogen-bond acceptors (Lipinski definition) is 3. The number of nitrogens with zero attached hydrogens (tertiary/aromatic N) is 4. The van der Waals surface area contributed by atoms with Gasteiger partial charge in [-0.1, -0.05) is 0 Å². The minimum Gasteiger partial charge on any atom is -0.308 e. The molecule has 1 N–H and O–H groups in total. The zero-order valence-corrected chi connectivity index (χ0v) is 10.2. The van der Waals surface area contributed by atoms with Gasteiger partial charge in [0.25, 0.3) is 0 Å². The minimum absolute atomic E-state index is 0.722. The summed E-state index contributed by atoms with van der Waals surface area (Å²) in [6, 6.07) is 2.78. The summed E-state index contributed by atoms with van der Waals surface area (Å²) in [6.07, 6.45) is 6.60. The van der Waals surface area contributed by atoms with Crippen molar-refractivity contribution >= 4 is 0 Å². The average Bonchev–Trinajstić information content (AvgIpc) is 2.90. The number of aromatic nitrogens is 4. The maximum Gasteiger partial charge on any atom is 0.105 e. The summed E-state index contributed by atoms with van der Waals surface area (Å²) < 4.78 is 3.71. The molecule has 0 radical (unpaired) electrons. The van der Waals surface area contributed by atoms with Gasteiger partial charge in [-0.25, -0.2) is 4.68 Å². The van der Waals surface area contributed by atoms with E-state index in [0.29, 0.717) is 0 Å². The first kappa shape index (κ1) is 10.5. The Morgan fingerprint density at radius 1 is 1.41 bits per heavy atom. The van der Waals surface area contributed by atoms with Crippen molar-refractivity contribution in [3.63, 3.8) is 0 Å². The van der Waals surface area contributed by atoms with Crippen LogP contribution in [0.5, 0.6) is 0 Å². The van der Waals surface area contributed by atoms with Gasteiger partial charge in [-0.2, -0.15) is 10.2 Å². The number of hydrogen-bond donors (Lipinski definition) is 1. The predicted molar refractivity (Wildman–Crippen MR) is 64.9 cm³/mol. The summed E-state index contributed by atoms with van der Waals surface area (Å²) in [6.45, 7) is 2.86. The van der Waals surface area contributed by atoms with Gasteiger partial charge in [0.2, 0.25) is 0 Å². The van der Waals surface area contributed by atoms with Gasteiger partial charge >= 0.3 is 0 Å². The lowest BCUT2D eigenvalue weighted by Gasteiger charge is -1.99. The monoisotopic (exact) mass is 231 g/mol. The van der Waals surface area contributed by atoms with E-state index in [2.05, 4.69) is 21.6 Å². The van der Waals surface area contributed by atoms with Crippen molar-refractivity contribution in [2.24, 2.45) is 7.05 Å². The Balaban J connectivity index is 1.76. The van der Waals surface area contributed by atoms with E-state index < -0.39 is 0 Å². The summed E-state index contributed by atoms with van der Waals surface area (Å²) in [5, 5.41) is 12.3. The summed E-state index contributed by atoms with van der Waals surface area (Å²) in [4.78, 5) is 0. The molecule has 0 saturated heterocycles. The number of nitrogens with one attached hydrogen (secondary N) is 1. The van der Waals surface area contributed by atoms with Crippen molar-refractivity contribution in [1.29, 1.82) is 0 Å². The molecule has 1 aliphatic carbocycles. The molecular weight excluding hydrogens is 214 g/mol. The maximum absolute atomic E-state index is 4.56. The fourth-order valence-electron chi connectivity index (χ4n) is 1.94. The van der Waals surface area contributed by atoms with Crippen LogP contribution in [-0.4, -0.2) is 25.6 Å². The van der Waals surface area contributed by atoms with Crippen molar-refractivity contribution in [3.05, 3.63) is 29.8 Å². The van der Waals surface area contributed by atoms with E-state index in [0.717, 1.165) is 29.7 Å². The Labute approximate surface area is 100 Å². The zero-order chi connectivity index (χ0) is 11.8. The molecule has 2 aromatic rings. The molecule has 1 saturated carbocycles. The molecule has 0 unspecified atom stereocenters. The van der Waals surface area contributed by atoms with E-state index >= 15 is 0 Å². The standard InChI is InChI=1S/C12H17N5/c1-9-12(8-16(2)14-9)17-6-5-11(15-17)7-13-10-3-4-10/h5-6,8,10,13H,3-4,7H2,1-2H3. The molecule has 0 bridgehead atoms. The van der Waals surface area contributed by atoms with Crippen LogP contribution in [-0.2, 0) is 13.6 Å². The van der Waals surface area contributed by atoms with Crippen molar-refractivity contribution in [3.8, 4) is 5.69 Å². The molecular formula is C12H17N5. The second-order valence-electron chi connectivity index (χ2n) is 4.68. The minimum atomic E-state index is 0.722. The molecule has 1 fully saturated rings. The Bertz CT molecular complexity index is 521. The van der Waals surface area contributed by atoms with Gasteiger partial charge in [-0.15, -0.1) is 0 Å². The second-order valence-corrected chi connectivity index (χ2v) is 4.68. The molecule has 1 aliphatic rings. The van der Waals surface area contributed by atoms with Crippen LogP contribution >= 0.6 is 0 Å². The average molecular weight is 231 g/mol. The molecule has 3 rings (SSSR count). The Hall–Kier alpha value is -1.62. The Morgan fingerprint density at radius 3 is 2.88 bits per heavy atom. The molecule has 0 amide bonds. The van der Waals surface area contributed by atoms with Crippen molar-refractivity contribution < 1.29 is 0 Å². The molecule has 17 heavy (non-hydrogen) atoms.